The highest BCUT2D eigenvalue weighted by Gasteiger charge is 2.62. The molecular weight excluding hydrogens is 385 g/mol. The van der Waals surface area contributed by atoms with Gasteiger partial charge < -0.3 is 15.2 Å². The Balaban J connectivity index is 1.19. The zero-order chi connectivity index (χ0) is 20.3. The summed E-state index contributed by atoms with van der Waals surface area (Å²) in [5.74, 6) is 0.279. The molecule has 1 aromatic heterocycles. The van der Waals surface area contributed by atoms with E-state index in [-0.39, 0.29) is 30.0 Å². The van der Waals surface area contributed by atoms with Crippen molar-refractivity contribution in [3.63, 3.8) is 0 Å². The maximum atomic E-state index is 14.1. The lowest BCUT2D eigenvalue weighted by Crippen LogP contribution is -2.64. The topological polar surface area (TPSA) is 65.8 Å². The fourth-order valence-electron chi connectivity index (χ4n) is 5.96. The van der Waals surface area contributed by atoms with Crippen LogP contribution >= 0.6 is 0 Å². The molecule has 4 aliphatic rings. The van der Waals surface area contributed by atoms with Crippen molar-refractivity contribution in [1.82, 2.24) is 24.9 Å². The second-order valence-corrected chi connectivity index (χ2v) is 9.33. The number of morpholine rings is 1. The Morgan fingerprint density at radius 1 is 1.23 bits per heavy atom. The zero-order valence-electron chi connectivity index (χ0n) is 17.0. The Kier molecular flexibility index (Phi) is 4.47. The number of halogens is 1. The number of aliphatic hydroxyl groups is 1. The molecule has 0 aliphatic carbocycles. The SMILES string of the molecule is OC[C@H]1[C@H]2CN(Cc3cnn(-c4ccccc4F)c3)C[C@]23CN(C2CNC2)C[C@H]1O3. The molecule has 1 aromatic carbocycles. The van der Waals surface area contributed by atoms with Gasteiger partial charge in [0.2, 0.25) is 0 Å². The molecule has 4 saturated heterocycles. The van der Waals surface area contributed by atoms with Crippen molar-refractivity contribution in [3.05, 3.63) is 48.0 Å². The third-order valence-corrected chi connectivity index (χ3v) is 7.52. The van der Waals surface area contributed by atoms with E-state index in [4.69, 9.17) is 4.74 Å². The van der Waals surface area contributed by atoms with Crippen molar-refractivity contribution in [2.24, 2.45) is 11.8 Å². The zero-order valence-corrected chi connectivity index (χ0v) is 17.0. The van der Waals surface area contributed by atoms with Gasteiger partial charge in [0.1, 0.15) is 11.5 Å². The van der Waals surface area contributed by atoms with Gasteiger partial charge in [-0.3, -0.25) is 9.80 Å². The normalized spacial score (nSPS) is 34.3. The van der Waals surface area contributed by atoms with Crippen molar-refractivity contribution < 1.29 is 14.2 Å². The third kappa shape index (κ3) is 2.93. The number of likely N-dealkylation sites (tertiary alicyclic amines) is 2. The van der Waals surface area contributed by atoms with Gasteiger partial charge in [-0.05, 0) is 12.1 Å². The monoisotopic (exact) mass is 413 g/mol. The minimum Gasteiger partial charge on any atom is -0.396 e. The van der Waals surface area contributed by atoms with E-state index in [9.17, 15) is 9.50 Å². The summed E-state index contributed by atoms with van der Waals surface area (Å²) in [5, 5.41) is 17.9. The van der Waals surface area contributed by atoms with E-state index >= 15 is 0 Å². The first-order chi connectivity index (χ1) is 14.6. The van der Waals surface area contributed by atoms with Crippen molar-refractivity contribution in [1.29, 1.82) is 0 Å². The molecule has 1 spiro atoms. The smallest absolute Gasteiger partial charge is 0.148 e. The van der Waals surface area contributed by atoms with Crippen molar-refractivity contribution in [2.45, 2.75) is 24.3 Å². The summed E-state index contributed by atoms with van der Waals surface area (Å²) < 4.78 is 22.3. The van der Waals surface area contributed by atoms with Gasteiger partial charge in [-0.15, -0.1) is 0 Å². The molecule has 2 aromatic rings. The van der Waals surface area contributed by atoms with Crippen molar-refractivity contribution in [2.75, 3.05) is 45.9 Å². The molecule has 2 N–H and O–H groups in total. The first-order valence-corrected chi connectivity index (χ1v) is 10.9. The molecule has 160 valence electrons. The van der Waals surface area contributed by atoms with Crippen LogP contribution in [0.3, 0.4) is 0 Å². The predicted octanol–water partition coefficient (Wildman–Crippen LogP) is 0.477. The van der Waals surface area contributed by atoms with Crippen molar-refractivity contribution >= 4 is 0 Å². The number of hydrogen-bond acceptors (Lipinski definition) is 6. The molecule has 4 fully saturated rings. The van der Waals surface area contributed by atoms with Gasteiger partial charge >= 0.3 is 0 Å². The molecule has 8 heteroatoms. The lowest BCUT2D eigenvalue weighted by Gasteiger charge is -2.47. The molecule has 7 nitrogen and oxygen atoms in total. The van der Waals surface area contributed by atoms with Crippen LogP contribution in [0.4, 0.5) is 4.39 Å². The summed E-state index contributed by atoms with van der Waals surface area (Å²) in [6, 6.07) is 7.28. The summed E-state index contributed by atoms with van der Waals surface area (Å²) in [6.45, 7) is 6.71. The van der Waals surface area contributed by atoms with Gasteiger partial charge in [-0.25, -0.2) is 9.07 Å². The number of aliphatic hydroxyl groups excluding tert-OH is 1. The highest BCUT2D eigenvalue weighted by atomic mass is 19.1. The molecule has 5 heterocycles. The fraction of sp³-hybridized carbons (Fsp3) is 0.591. The van der Waals surface area contributed by atoms with Crippen LogP contribution in [0.5, 0.6) is 0 Å². The van der Waals surface area contributed by atoms with E-state index in [1.165, 1.54) is 6.07 Å². The van der Waals surface area contributed by atoms with Crippen LogP contribution in [-0.2, 0) is 11.3 Å². The first kappa shape index (κ1) is 18.9. The number of nitrogens with one attached hydrogen (secondary N) is 1. The van der Waals surface area contributed by atoms with Crippen LogP contribution in [0, 0.1) is 17.7 Å². The Labute approximate surface area is 175 Å². The number of benzene rings is 1. The number of fused-ring (bicyclic) bond motifs is 1. The highest BCUT2D eigenvalue weighted by molar-refractivity contribution is 5.33. The summed E-state index contributed by atoms with van der Waals surface area (Å²) in [6.07, 6.45) is 3.86. The van der Waals surface area contributed by atoms with E-state index in [1.807, 2.05) is 18.5 Å². The summed E-state index contributed by atoms with van der Waals surface area (Å²) in [4.78, 5) is 4.99. The number of rotatable bonds is 5. The van der Waals surface area contributed by atoms with Crippen LogP contribution in [0.2, 0.25) is 0 Å². The Hall–Kier alpha value is -1.84. The maximum absolute atomic E-state index is 14.1. The van der Waals surface area contributed by atoms with Crippen LogP contribution < -0.4 is 5.32 Å². The minimum absolute atomic E-state index is 0.139. The van der Waals surface area contributed by atoms with E-state index in [0.717, 1.165) is 51.4 Å². The van der Waals surface area contributed by atoms with Crippen molar-refractivity contribution in [3.8, 4) is 5.69 Å². The Bertz CT molecular complexity index is 934. The van der Waals surface area contributed by atoms with Gasteiger partial charge in [0.25, 0.3) is 0 Å². The molecule has 4 aliphatic heterocycles. The molecule has 2 bridgehead atoms. The number of para-hydroxylation sites is 1. The second-order valence-electron chi connectivity index (χ2n) is 9.33. The molecule has 30 heavy (non-hydrogen) atoms. The quantitative estimate of drug-likeness (QED) is 0.743. The standard InChI is InChI=1S/C22H28FN5O2/c23-19-3-1-2-4-20(19)28-9-15(5-25-28)8-26-10-18-17(12-29)21-11-27(16-6-24-7-16)14-22(18,13-26)30-21/h1-5,9,16-18,21,24,29H,6-8,10-14H2/t17-,18+,21+,22-/m0/s1. The van der Waals surface area contributed by atoms with E-state index in [2.05, 4.69) is 20.2 Å². The van der Waals surface area contributed by atoms with E-state index in [1.54, 1.807) is 16.8 Å². The number of ether oxygens (including phenoxy) is 1. The van der Waals surface area contributed by atoms with Gasteiger partial charge in [-0.2, -0.15) is 5.10 Å². The lowest BCUT2D eigenvalue weighted by molar-refractivity contribution is -0.131. The Morgan fingerprint density at radius 3 is 2.87 bits per heavy atom. The second kappa shape index (κ2) is 7.10. The van der Waals surface area contributed by atoms with E-state index in [0.29, 0.717) is 17.6 Å². The average Bonchev–Trinajstić information content (AvgIpc) is 3.31. The summed E-state index contributed by atoms with van der Waals surface area (Å²) in [7, 11) is 0. The van der Waals surface area contributed by atoms with Gasteiger partial charge in [-0.1, -0.05) is 12.1 Å². The predicted molar refractivity (Wildman–Crippen MR) is 109 cm³/mol. The largest absolute Gasteiger partial charge is 0.396 e. The minimum atomic E-state index is -0.278. The van der Waals surface area contributed by atoms with Crippen LogP contribution in [0.25, 0.3) is 5.69 Å². The number of hydrogen-bond donors (Lipinski definition) is 2. The lowest BCUT2D eigenvalue weighted by atomic mass is 9.83. The van der Waals surface area contributed by atoms with Gasteiger partial charge in [0.15, 0.2) is 0 Å². The summed E-state index contributed by atoms with van der Waals surface area (Å²) in [5.41, 5.74) is 1.33. The highest BCUT2D eigenvalue weighted by Crippen LogP contribution is 2.49. The maximum Gasteiger partial charge on any atom is 0.148 e. The summed E-state index contributed by atoms with van der Waals surface area (Å²) >= 11 is 0. The van der Waals surface area contributed by atoms with E-state index < -0.39 is 0 Å². The Morgan fingerprint density at radius 2 is 2.10 bits per heavy atom. The van der Waals surface area contributed by atoms with Gasteiger partial charge in [0, 0.05) is 82.1 Å². The molecule has 0 radical (unpaired) electrons. The van der Waals surface area contributed by atoms with Crippen LogP contribution in [-0.4, -0.2) is 88.3 Å². The molecule has 0 unspecified atom stereocenters. The molecular formula is C22H28FN5O2. The molecule has 4 atom stereocenters. The molecule has 6 rings (SSSR count). The fourth-order valence-corrected chi connectivity index (χ4v) is 5.96. The third-order valence-electron chi connectivity index (χ3n) is 7.52. The molecule has 0 amide bonds. The number of aromatic nitrogens is 2. The van der Waals surface area contributed by atoms with Crippen LogP contribution in [0.15, 0.2) is 36.7 Å². The van der Waals surface area contributed by atoms with Crippen LogP contribution in [0.1, 0.15) is 5.56 Å². The van der Waals surface area contributed by atoms with Gasteiger partial charge in [0.05, 0.1) is 17.9 Å². The molecule has 0 saturated carbocycles. The number of nitrogens with zero attached hydrogens (tertiary/aromatic N) is 4. The average molecular weight is 413 g/mol. The first-order valence-electron chi connectivity index (χ1n) is 10.9.